The molecular formula is C11H16ClN. The van der Waals surface area contributed by atoms with Crippen LogP contribution in [0.15, 0.2) is 12.1 Å². The third-order valence-corrected chi connectivity index (χ3v) is 2.59. The molecule has 0 fully saturated rings. The maximum Gasteiger partial charge on any atom is 0.0438 e. The van der Waals surface area contributed by atoms with E-state index >= 15 is 0 Å². The maximum absolute atomic E-state index is 6.04. The highest BCUT2D eigenvalue weighted by Gasteiger charge is 2.01. The number of hydrogen-bond acceptors (Lipinski definition) is 1. The molecule has 0 aliphatic carbocycles. The number of benzene rings is 1. The summed E-state index contributed by atoms with van der Waals surface area (Å²) in [5, 5.41) is 4.15. The van der Waals surface area contributed by atoms with Crippen molar-refractivity contribution in [3.63, 3.8) is 0 Å². The Bertz CT molecular complexity index is 294. The number of rotatable bonds is 3. The Kier molecular flexibility index (Phi) is 3.76. The Labute approximate surface area is 85.1 Å². The average Bonchev–Trinajstić information content (AvgIpc) is 2.09. The van der Waals surface area contributed by atoms with Gasteiger partial charge in [-0.15, -0.1) is 0 Å². The molecule has 1 aromatic carbocycles. The normalized spacial score (nSPS) is 10.5. The molecule has 0 aromatic heterocycles. The minimum absolute atomic E-state index is 0.860. The van der Waals surface area contributed by atoms with Gasteiger partial charge in [-0.2, -0.15) is 0 Å². The second-order valence-corrected chi connectivity index (χ2v) is 3.72. The van der Waals surface area contributed by atoms with Gasteiger partial charge in [-0.05, 0) is 43.1 Å². The van der Waals surface area contributed by atoms with Gasteiger partial charge in [-0.3, -0.25) is 0 Å². The van der Waals surface area contributed by atoms with Crippen LogP contribution in [-0.4, -0.2) is 6.54 Å². The minimum Gasteiger partial charge on any atom is -0.313 e. The van der Waals surface area contributed by atoms with Crippen LogP contribution in [0.4, 0.5) is 0 Å². The highest BCUT2D eigenvalue weighted by atomic mass is 35.5. The first kappa shape index (κ1) is 10.6. The third-order valence-electron chi connectivity index (χ3n) is 2.18. The number of halogens is 1. The van der Waals surface area contributed by atoms with E-state index in [0.29, 0.717) is 0 Å². The zero-order valence-electron chi connectivity index (χ0n) is 8.45. The van der Waals surface area contributed by atoms with E-state index in [4.69, 9.17) is 11.6 Å². The molecule has 0 aliphatic rings. The van der Waals surface area contributed by atoms with Crippen molar-refractivity contribution >= 4 is 11.6 Å². The van der Waals surface area contributed by atoms with E-state index in [0.717, 1.165) is 23.7 Å². The van der Waals surface area contributed by atoms with E-state index in [1.165, 1.54) is 11.1 Å². The molecule has 0 atom stereocenters. The van der Waals surface area contributed by atoms with Gasteiger partial charge in [0.15, 0.2) is 0 Å². The zero-order valence-corrected chi connectivity index (χ0v) is 9.20. The van der Waals surface area contributed by atoms with Gasteiger partial charge in [0, 0.05) is 11.6 Å². The van der Waals surface area contributed by atoms with Crippen LogP contribution < -0.4 is 5.32 Å². The first-order chi connectivity index (χ1) is 6.15. The Balaban J connectivity index is 2.88. The van der Waals surface area contributed by atoms with Crippen molar-refractivity contribution in [3.05, 3.63) is 33.8 Å². The number of aryl methyl sites for hydroxylation is 2. The van der Waals surface area contributed by atoms with Crippen LogP contribution in [0.1, 0.15) is 23.6 Å². The maximum atomic E-state index is 6.04. The monoisotopic (exact) mass is 197 g/mol. The highest BCUT2D eigenvalue weighted by molar-refractivity contribution is 6.31. The van der Waals surface area contributed by atoms with Crippen LogP contribution in [0.25, 0.3) is 0 Å². The van der Waals surface area contributed by atoms with Gasteiger partial charge in [0.25, 0.3) is 0 Å². The summed E-state index contributed by atoms with van der Waals surface area (Å²) in [7, 11) is 0. The van der Waals surface area contributed by atoms with Gasteiger partial charge < -0.3 is 5.32 Å². The average molecular weight is 198 g/mol. The van der Waals surface area contributed by atoms with Crippen LogP contribution in [0, 0.1) is 13.8 Å². The summed E-state index contributed by atoms with van der Waals surface area (Å²) >= 11 is 6.04. The number of nitrogens with one attached hydrogen (secondary N) is 1. The lowest BCUT2D eigenvalue weighted by atomic mass is 10.1. The van der Waals surface area contributed by atoms with E-state index in [1.807, 2.05) is 6.92 Å². The summed E-state index contributed by atoms with van der Waals surface area (Å²) in [5.41, 5.74) is 3.75. The van der Waals surface area contributed by atoms with Crippen molar-refractivity contribution in [1.29, 1.82) is 0 Å². The zero-order chi connectivity index (χ0) is 9.84. The predicted octanol–water partition coefficient (Wildman–Crippen LogP) is 3.07. The minimum atomic E-state index is 0.860. The van der Waals surface area contributed by atoms with Gasteiger partial charge in [0.2, 0.25) is 0 Å². The molecule has 0 heterocycles. The Morgan fingerprint density at radius 1 is 1.23 bits per heavy atom. The smallest absolute Gasteiger partial charge is 0.0438 e. The van der Waals surface area contributed by atoms with Crippen LogP contribution in [0.2, 0.25) is 5.02 Å². The summed E-state index contributed by atoms with van der Waals surface area (Å²) in [5.74, 6) is 0. The largest absolute Gasteiger partial charge is 0.313 e. The summed E-state index contributed by atoms with van der Waals surface area (Å²) in [6, 6.07) is 4.18. The van der Waals surface area contributed by atoms with Gasteiger partial charge >= 0.3 is 0 Å². The highest BCUT2D eigenvalue weighted by Crippen LogP contribution is 2.20. The summed E-state index contributed by atoms with van der Waals surface area (Å²) < 4.78 is 0. The first-order valence-corrected chi connectivity index (χ1v) is 4.99. The molecule has 0 aliphatic heterocycles. The predicted molar refractivity (Wildman–Crippen MR) is 58.3 cm³/mol. The van der Waals surface area contributed by atoms with Crippen molar-refractivity contribution in [2.24, 2.45) is 0 Å². The summed E-state index contributed by atoms with van der Waals surface area (Å²) in [6.45, 7) is 8.15. The van der Waals surface area contributed by atoms with E-state index in [-0.39, 0.29) is 0 Å². The molecule has 1 nitrogen and oxygen atoms in total. The molecule has 0 radical (unpaired) electrons. The van der Waals surface area contributed by atoms with E-state index in [9.17, 15) is 0 Å². The lowest BCUT2D eigenvalue weighted by Crippen LogP contribution is -2.12. The molecule has 0 amide bonds. The molecule has 1 aromatic rings. The van der Waals surface area contributed by atoms with Crippen molar-refractivity contribution in [3.8, 4) is 0 Å². The van der Waals surface area contributed by atoms with Crippen molar-refractivity contribution < 1.29 is 0 Å². The van der Waals surface area contributed by atoms with Crippen LogP contribution >= 0.6 is 11.6 Å². The van der Waals surface area contributed by atoms with Crippen LogP contribution in [0.5, 0.6) is 0 Å². The molecule has 72 valence electrons. The molecule has 0 spiro atoms. The lowest BCUT2D eigenvalue weighted by Gasteiger charge is -2.08. The van der Waals surface area contributed by atoms with E-state index in [2.05, 4.69) is 31.3 Å². The Hall–Kier alpha value is -0.530. The summed E-state index contributed by atoms with van der Waals surface area (Å²) in [6.07, 6.45) is 0. The summed E-state index contributed by atoms with van der Waals surface area (Å²) in [4.78, 5) is 0. The van der Waals surface area contributed by atoms with E-state index < -0.39 is 0 Å². The van der Waals surface area contributed by atoms with Crippen molar-refractivity contribution in [2.45, 2.75) is 27.3 Å². The standard InChI is InChI=1S/C11H16ClN/c1-4-13-7-10-6-11(12)9(3)5-8(10)2/h5-6,13H,4,7H2,1-3H3. The van der Waals surface area contributed by atoms with Crippen LogP contribution in [-0.2, 0) is 6.54 Å². The fourth-order valence-corrected chi connectivity index (χ4v) is 1.50. The first-order valence-electron chi connectivity index (χ1n) is 4.61. The topological polar surface area (TPSA) is 12.0 Å². The van der Waals surface area contributed by atoms with Crippen LogP contribution in [0.3, 0.4) is 0 Å². The SMILES string of the molecule is CCNCc1cc(Cl)c(C)cc1C. The molecule has 13 heavy (non-hydrogen) atoms. The van der Waals surface area contributed by atoms with E-state index in [1.54, 1.807) is 0 Å². The van der Waals surface area contributed by atoms with Crippen molar-refractivity contribution in [1.82, 2.24) is 5.32 Å². The quantitative estimate of drug-likeness (QED) is 0.786. The Morgan fingerprint density at radius 2 is 1.92 bits per heavy atom. The molecule has 2 heteroatoms. The second-order valence-electron chi connectivity index (χ2n) is 3.31. The number of hydrogen-bond donors (Lipinski definition) is 1. The molecule has 0 bridgehead atoms. The molecule has 1 rings (SSSR count). The fraction of sp³-hybridized carbons (Fsp3) is 0.455. The van der Waals surface area contributed by atoms with Gasteiger partial charge in [0.05, 0.1) is 0 Å². The Morgan fingerprint density at radius 3 is 2.54 bits per heavy atom. The molecule has 0 saturated heterocycles. The fourth-order valence-electron chi connectivity index (χ4n) is 1.32. The van der Waals surface area contributed by atoms with Gasteiger partial charge in [-0.1, -0.05) is 24.6 Å². The van der Waals surface area contributed by atoms with Gasteiger partial charge in [0.1, 0.15) is 0 Å². The lowest BCUT2D eigenvalue weighted by molar-refractivity contribution is 0.723. The van der Waals surface area contributed by atoms with Gasteiger partial charge in [-0.25, -0.2) is 0 Å². The third kappa shape index (κ3) is 2.71. The molecule has 0 saturated carbocycles. The molecule has 1 N–H and O–H groups in total. The van der Waals surface area contributed by atoms with Crippen molar-refractivity contribution in [2.75, 3.05) is 6.54 Å². The second kappa shape index (κ2) is 4.64. The molecular weight excluding hydrogens is 182 g/mol. The molecule has 0 unspecified atom stereocenters.